The van der Waals surface area contributed by atoms with Gasteiger partial charge in [0.1, 0.15) is 5.69 Å². The Morgan fingerprint density at radius 2 is 1.72 bits per heavy atom. The van der Waals surface area contributed by atoms with Gasteiger partial charge >= 0.3 is 0 Å². The first kappa shape index (κ1) is 13.7. The third-order valence-corrected chi connectivity index (χ3v) is 4.09. The lowest BCUT2D eigenvalue weighted by Gasteiger charge is -2.07. The average molecular weight is 329 g/mol. The van der Waals surface area contributed by atoms with Crippen molar-refractivity contribution in [3.8, 4) is 0 Å². The summed E-state index contributed by atoms with van der Waals surface area (Å²) in [6, 6.07) is 17.0. The molecule has 0 spiro atoms. The number of rotatable bonds is 2. The first-order chi connectivity index (χ1) is 12.3. The molecule has 3 aromatic heterocycles. The zero-order valence-corrected chi connectivity index (χ0v) is 12.9. The van der Waals surface area contributed by atoms with Crippen molar-refractivity contribution in [1.29, 1.82) is 0 Å². The van der Waals surface area contributed by atoms with Crippen molar-refractivity contribution in [2.75, 3.05) is 0 Å². The Kier molecular flexibility index (Phi) is 2.84. The minimum atomic E-state index is -0.243. The van der Waals surface area contributed by atoms with Gasteiger partial charge in [0.15, 0.2) is 0 Å². The van der Waals surface area contributed by atoms with Crippen LogP contribution < -0.4 is 5.56 Å². The van der Waals surface area contributed by atoms with E-state index in [-0.39, 0.29) is 5.56 Å². The average Bonchev–Trinajstić information content (AvgIpc) is 3.14. The molecule has 0 aliphatic carbocycles. The summed E-state index contributed by atoms with van der Waals surface area (Å²) in [4.78, 5) is 17.3. The molecule has 0 atom stereocenters. The monoisotopic (exact) mass is 329 g/mol. The summed E-state index contributed by atoms with van der Waals surface area (Å²) in [5.74, 6) is 0.292. The number of hydrogen-bond donors (Lipinski definition) is 0. The number of tetrazole rings is 1. The summed E-state index contributed by atoms with van der Waals surface area (Å²) < 4.78 is 2.73. The van der Waals surface area contributed by atoms with Gasteiger partial charge in [-0.05, 0) is 28.1 Å². The number of nitrogens with zero attached hydrogens (tertiary/aromatic N) is 7. The minimum Gasteiger partial charge on any atom is -0.267 e. The van der Waals surface area contributed by atoms with Crippen molar-refractivity contribution < 1.29 is 0 Å². The van der Waals surface area contributed by atoms with Crippen LogP contribution in [-0.2, 0) is 6.42 Å². The highest BCUT2D eigenvalue weighted by atomic mass is 16.1. The second-order valence-corrected chi connectivity index (χ2v) is 5.67. The lowest BCUT2D eigenvalue weighted by molar-refractivity contribution is 0.757. The summed E-state index contributed by atoms with van der Waals surface area (Å²) >= 11 is 0. The molecule has 5 rings (SSSR count). The topological polar surface area (TPSA) is 90.3 Å². The molecule has 0 unspecified atom stereocenters. The first-order valence-electron chi connectivity index (χ1n) is 7.74. The molecule has 0 aliphatic rings. The maximum absolute atomic E-state index is 12.8. The maximum atomic E-state index is 12.8. The highest BCUT2D eigenvalue weighted by Gasteiger charge is 2.16. The largest absolute Gasteiger partial charge is 0.283 e. The maximum Gasteiger partial charge on any atom is 0.283 e. The number of aromatic nitrogens is 7. The van der Waals surface area contributed by atoms with E-state index in [2.05, 4.69) is 25.6 Å². The van der Waals surface area contributed by atoms with Gasteiger partial charge in [-0.1, -0.05) is 42.5 Å². The predicted octanol–water partition coefficient (Wildman–Crippen LogP) is 1.27. The highest BCUT2D eigenvalue weighted by molar-refractivity contribution is 5.79. The summed E-state index contributed by atoms with van der Waals surface area (Å²) in [7, 11) is 0. The van der Waals surface area contributed by atoms with Gasteiger partial charge < -0.3 is 0 Å². The molecule has 3 heterocycles. The van der Waals surface area contributed by atoms with Gasteiger partial charge in [-0.2, -0.15) is 14.1 Å². The second kappa shape index (κ2) is 5.17. The molecule has 2 aromatic carbocycles. The third-order valence-electron chi connectivity index (χ3n) is 4.09. The number of benzene rings is 2. The molecule has 0 bridgehead atoms. The van der Waals surface area contributed by atoms with E-state index in [1.54, 1.807) is 18.2 Å². The van der Waals surface area contributed by atoms with Gasteiger partial charge in [0, 0.05) is 6.42 Å². The van der Waals surface area contributed by atoms with Gasteiger partial charge in [-0.3, -0.25) is 4.79 Å². The smallest absolute Gasteiger partial charge is 0.267 e. The highest BCUT2D eigenvalue weighted by Crippen LogP contribution is 2.14. The van der Waals surface area contributed by atoms with Gasteiger partial charge in [-0.15, -0.1) is 5.10 Å². The van der Waals surface area contributed by atoms with E-state index in [9.17, 15) is 4.79 Å². The standard InChI is InChI=1S/C17H11N7O/c25-16-12-8-4-5-9-13(12)18-17-23-15(19-21-22-23)14(20-24(16)17)10-11-6-2-1-3-7-11/h1-9H,10H2. The normalized spacial score (nSPS) is 11.5. The van der Waals surface area contributed by atoms with E-state index in [0.29, 0.717) is 34.4 Å². The van der Waals surface area contributed by atoms with E-state index in [4.69, 9.17) is 0 Å². The Hall–Kier alpha value is -3.68. The van der Waals surface area contributed by atoms with Gasteiger partial charge in [-0.25, -0.2) is 4.98 Å². The van der Waals surface area contributed by atoms with Crippen LogP contribution in [0.1, 0.15) is 11.3 Å². The van der Waals surface area contributed by atoms with Crippen LogP contribution in [0.25, 0.3) is 22.3 Å². The Balaban J connectivity index is 1.86. The fourth-order valence-corrected chi connectivity index (χ4v) is 2.91. The van der Waals surface area contributed by atoms with Crippen LogP contribution in [0.3, 0.4) is 0 Å². The number of hydrogen-bond acceptors (Lipinski definition) is 6. The van der Waals surface area contributed by atoms with Crippen molar-refractivity contribution in [1.82, 2.24) is 34.6 Å². The third kappa shape index (κ3) is 2.08. The SMILES string of the molecule is O=c1c2ccccc2nc2n1nc(Cc1ccccc1)c1nnnn12. The van der Waals surface area contributed by atoms with E-state index in [1.807, 2.05) is 36.4 Å². The van der Waals surface area contributed by atoms with Crippen molar-refractivity contribution in [3.05, 3.63) is 76.2 Å². The van der Waals surface area contributed by atoms with Crippen LogP contribution in [-0.4, -0.2) is 34.6 Å². The predicted molar refractivity (Wildman–Crippen MR) is 90.4 cm³/mol. The fourth-order valence-electron chi connectivity index (χ4n) is 2.91. The lowest BCUT2D eigenvalue weighted by atomic mass is 10.1. The van der Waals surface area contributed by atoms with Crippen LogP contribution in [0, 0.1) is 0 Å². The van der Waals surface area contributed by atoms with Crippen LogP contribution in [0.2, 0.25) is 0 Å². The van der Waals surface area contributed by atoms with Crippen LogP contribution in [0.4, 0.5) is 0 Å². The Morgan fingerprint density at radius 1 is 0.920 bits per heavy atom. The van der Waals surface area contributed by atoms with Crippen molar-refractivity contribution >= 4 is 22.3 Å². The number of fused-ring (bicyclic) bond motifs is 4. The molecule has 120 valence electrons. The molecular weight excluding hydrogens is 318 g/mol. The molecule has 5 aromatic rings. The fraction of sp³-hybridized carbons (Fsp3) is 0.0588. The summed E-state index contributed by atoms with van der Waals surface area (Å²) in [5.41, 5.74) is 2.50. The van der Waals surface area contributed by atoms with Crippen molar-refractivity contribution in [2.45, 2.75) is 6.42 Å². The molecule has 8 nitrogen and oxygen atoms in total. The molecule has 0 saturated carbocycles. The quantitative estimate of drug-likeness (QED) is 0.453. The molecule has 0 saturated heterocycles. The second-order valence-electron chi connectivity index (χ2n) is 5.67. The summed E-state index contributed by atoms with van der Waals surface area (Å²) in [6.07, 6.45) is 0.514. The van der Waals surface area contributed by atoms with Crippen LogP contribution in [0.5, 0.6) is 0 Å². The Morgan fingerprint density at radius 3 is 2.60 bits per heavy atom. The lowest BCUT2D eigenvalue weighted by Crippen LogP contribution is -2.22. The molecule has 0 amide bonds. The molecular formula is C17H11N7O. The Bertz CT molecular complexity index is 1290. The number of para-hydroxylation sites is 1. The summed E-state index contributed by atoms with van der Waals surface area (Å²) in [6.45, 7) is 0. The Labute approximate surface area is 140 Å². The zero-order chi connectivity index (χ0) is 16.8. The van der Waals surface area contributed by atoms with Gasteiger partial charge in [0.05, 0.1) is 10.9 Å². The van der Waals surface area contributed by atoms with E-state index >= 15 is 0 Å². The molecule has 25 heavy (non-hydrogen) atoms. The van der Waals surface area contributed by atoms with Gasteiger partial charge in [0.25, 0.3) is 11.3 Å². The van der Waals surface area contributed by atoms with E-state index in [1.165, 1.54) is 9.03 Å². The van der Waals surface area contributed by atoms with Crippen LogP contribution >= 0.6 is 0 Å². The van der Waals surface area contributed by atoms with E-state index in [0.717, 1.165) is 5.56 Å². The van der Waals surface area contributed by atoms with Crippen molar-refractivity contribution in [2.24, 2.45) is 0 Å². The minimum absolute atomic E-state index is 0.243. The van der Waals surface area contributed by atoms with Gasteiger partial charge in [0.2, 0.25) is 5.65 Å². The molecule has 0 fully saturated rings. The van der Waals surface area contributed by atoms with Crippen molar-refractivity contribution in [3.63, 3.8) is 0 Å². The molecule has 8 heteroatoms. The molecule has 0 radical (unpaired) electrons. The molecule has 0 aliphatic heterocycles. The zero-order valence-electron chi connectivity index (χ0n) is 12.9. The first-order valence-corrected chi connectivity index (χ1v) is 7.74. The van der Waals surface area contributed by atoms with Crippen LogP contribution in [0.15, 0.2) is 59.4 Å². The molecule has 0 N–H and O–H groups in total. The van der Waals surface area contributed by atoms with E-state index < -0.39 is 0 Å². The summed E-state index contributed by atoms with van der Waals surface area (Å²) in [5, 5.41) is 16.8.